The molecule has 1 aromatic rings. The van der Waals surface area contributed by atoms with Crippen molar-refractivity contribution in [2.75, 3.05) is 26.8 Å². The number of hydrogen-bond acceptors (Lipinski definition) is 3. The smallest absolute Gasteiger partial charge is 0.317 e. The van der Waals surface area contributed by atoms with Gasteiger partial charge in [0.2, 0.25) is 0 Å². The molecule has 0 aliphatic rings. The number of hydrogen-bond donors (Lipinski definition) is 1. The van der Waals surface area contributed by atoms with Crippen LogP contribution in [0.25, 0.3) is 0 Å². The summed E-state index contributed by atoms with van der Waals surface area (Å²) in [7, 11) is 1.60. The maximum atomic E-state index is 10.9. The van der Waals surface area contributed by atoms with E-state index in [4.69, 9.17) is 21.4 Å². The molecule has 0 spiro atoms. The van der Waals surface area contributed by atoms with Gasteiger partial charge in [0.1, 0.15) is 0 Å². The summed E-state index contributed by atoms with van der Waals surface area (Å²) in [5.41, 5.74) is 1.04. The van der Waals surface area contributed by atoms with Gasteiger partial charge in [-0.3, -0.25) is 9.69 Å². The highest BCUT2D eigenvalue weighted by Crippen LogP contribution is 2.21. The molecule has 0 saturated carbocycles. The SMILES string of the molecule is COCCN(CC(=O)O)C(C)c1ccc(Cl)cc1. The van der Waals surface area contributed by atoms with Crippen molar-refractivity contribution in [3.63, 3.8) is 0 Å². The third-order valence-electron chi connectivity index (χ3n) is 2.82. The largest absolute Gasteiger partial charge is 0.480 e. The standard InChI is InChI=1S/C13H18ClNO3/c1-10(11-3-5-12(14)6-4-11)15(7-8-18-2)9-13(16)17/h3-6,10H,7-9H2,1-2H3,(H,16,17). The van der Waals surface area contributed by atoms with Crippen molar-refractivity contribution >= 4 is 17.6 Å². The summed E-state index contributed by atoms with van der Waals surface area (Å²) in [6.45, 7) is 3.05. The van der Waals surface area contributed by atoms with E-state index in [1.54, 1.807) is 7.11 Å². The molecular weight excluding hydrogens is 254 g/mol. The van der Waals surface area contributed by atoms with Crippen LogP contribution in [0.2, 0.25) is 5.02 Å². The first kappa shape index (κ1) is 15.0. The lowest BCUT2D eigenvalue weighted by molar-refractivity contribution is -0.139. The van der Waals surface area contributed by atoms with Gasteiger partial charge in [0, 0.05) is 24.7 Å². The van der Waals surface area contributed by atoms with Gasteiger partial charge in [0.15, 0.2) is 0 Å². The lowest BCUT2D eigenvalue weighted by atomic mass is 10.1. The van der Waals surface area contributed by atoms with Crippen molar-refractivity contribution in [2.45, 2.75) is 13.0 Å². The second kappa shape index (κ2) is 7.36. The number of aliphatic carboxylic acids is 1. The van der Waals surface area contributed by atoms with Crippen molar-refractivity contribution in [2.24, 2.45) is 0 Å². The van der Waals surface area contributed by atoms with E-state index in [1.165, 1.54) is 0 Å². The highest BCUT2D eigenvalue weighted by molar-refractivity contribution is 6.30. The predicted octanol–water partition coefficient (Wildman–Crippen LogP) is 2.43. The number of benzene rings is 1. The minimum atomic E-state index is -0.841. The third-order valence-corrected chi connectivity index (χ3v) is 3.07. The fourth-order valence-electron chi connectivity index (χ4n) is 1.74. The van der Waals surface area contributed by atoms with Crippen LogP contribution in [0, 0.1) is 0 Å². The molecule has 5 heteroatoms. The molecule has 0 aromatic heterocycles. The fourth-order valence-corrected chi connectivity index (χ4v) is 1.87. The van der Waals surface area contributed by atoms with Gasteiger partial charge in [-0.15, -0.1) is 0 Å². The van der Waals surface area contributed by atoms with E-state index in [-0.39, 0.29) is 12.6 Å². The van der Waals surface area contributed by atoms with Crippen molar-refractivity contribution < 1.29 is 14.6 Å². The quantitative estimate of drug-likeness (QED) is 0.828. The molecule has 0 aliphatic heterocycles. The molecule has 1 unspecified atom stereocenters. The Bertz CT molecular complexity index is 380. The number of rotatable bonds is 7. The molecule has 0 amide bonds. The van der Waals surface area contributed by atoms with Crippen LogP contribution in [0.15, 0.2) is 24.3 Å². The van der Waals surface area contributed by atoms with Gasteiger partial charge in [-0.25, -0.2) is 0 Å². The highest BCUT2D eigenvalue weighted by Gasteiger charge is 2.18. The molecule has 0 saturated heterocycles. The average molecular weight is 272 g/mol. The van der Waals surface area contributed by atoms with E-state index in [2.05, 4.69) is 0 Å². The molecule has 4 nitrogen and oxygen atoms in total. The molecule has 1 rings (SSSR count). The zero-order valence-corrected chi connectivity index (χ0v) is 11.4. The molecule has 0 bridgehead atoms. The first-order valence-corrected chi connectivity index (χ1v) is 6.12. The topological polar surface area (TPSA) is 49.8 Å². The summed E-state index contributed by atoms with van der Waals surface area (Å²) in [5.74, 6) is -0.841. The van der Waals surface area contributed by atoms with Crippen LogP contribution in [0.3, 0.4) is 0 Å². The van der Waals surface area contributed by atoms with Crippen LogP contribution in [0.1, 0.15) is 18.5 Å². The second-order valence-corrected chi connectivity index (χ2v) is 4.52. The Kier molecular flexibility index (Phi) is 6.12. The molecule has 1 N–H and O–H groups in total. The van der Waals surface area contributed by atoms with Gasteiger partial charge in [0.05, 0.1) is 13.2 Å². The minimum Gasteiger partial charge on any atom is -0.480 e. The maximum absolute atomic E-state index is 10.9. The van der Waals surface area contributed by atoms with Crippen molar-refractivity contribution in [1.29, 1.82) is 0 Å². The van der Waals surface area contributed by atoms with Crippen LogP contribution < -0.4 is 0 Å². The van der Waals surface area contributed by atoms with Gasteiger partial charge in [-0.05, 0) is 24.6 Å². The summed E-state index contributed by atoms with van der Waals surface area (Å²) < 4.78 is 5.00. The Morgan fingerprint density at radius 1 is 1.44 bits per heavy atom. The van der Waals surface area contributed by atoms with Crippen molar-refractivity contribution in [3.05, 3.63) is 34.9 Å². The number of carbonyl (C=O) groups is 1. The zero-order valence-electron chi connectivity index (χ0n) is 10.6. The fraction of sp³-hybridized carbons (Fsp3) is 0.462. The molecule has 0 radical (unpaired) electrons. The normalized spacial score (nSPS) is 12.7. The average Bonchev–Trinajstić information content (AvgIpc) is 2.34. The molecule has 18 heavy (non-hydrogen) atoms. The summed E-state index contributed by atoms with van der Waals surface area (Å²) in [6, 6.07) is 7.45. The Labute approximate surface area is 112 Å². The van der Waals surface area contributed by atoms with Gasteiger partial charge in [-0.1, -0.05) is 23.7 Å². The van der Waals surface area contributed by atoms with Gasteiger partial charge >= 0.3 is 5.97 Å². The molecule has 1 aromatic carbocycles. The molecule has 100 valence electrons. The van der Waals surface area contributed by atoms with E-state index in [1.807, 2.05) is 36.1 Å². The van der Waals surface area contributed by atoms with Crippen LogP contribution in [-0.4, -0.2) is 42.8 Å². The second-order valence-electron chi connectivity index (χ2n) is 4.08. The Morgan fingerprint density at radius 2 is 2.06 bits per heavy atom. The van der Waals surface area contributed by atoms with Gasteiger partial charge < -0.3 is 9.84 Å². The highest BCUT2D eigenvalue weighted by atomic mass is 35.5. The van der Waals surface area contributed by atoms with Crippen LogP contribution in [0.5, 0.6) is 0 Å². The minimum absolute atomic E-state index is 0.00679. The van der Waals surface area contributed by atoms with E-state index in [0.29, 0.717) is 18.2 Å². The first-order chi connectivity index (χ1) is 8.54. The number of nitrogens with zero attached hydrogens (tertiary/aromatic N) is 1. The van der Waals surface area contributed by atoms with Gasteiger partial charge in [-0.2, -0.15) is 0 Å². The van der Waals surface area contributed by atoms with Crippen LogP contribution in [-0.2, 0) is 9.53 Å². The third kappa shape index (κ3) is 4.64. The molecule has 0 heterocycles. The number of carboxylic acids is 1. The monoisotopic (exact) mass is 271 g/mol. The van der Waals surface area contributed by atoms with E-state index >= 15 is 0 Å². The van der Waals surface area contributed by atoms with E-state index < -0.39 is 5.97 Å². The molecule has 0 aliphatic carbocycles. The molecular formula is C13H18ClNO3. The lowest BCUT2D eigenvalue weighted by Gasteiger charge is -2.27. The summed E-state index contributed by atoms with van der Waals surface area (Å²) in [6.07, 6.45) is 0. The first-order valence-electron chi connectivity index (χ1n) is 5.75. The number of carboxylic acid groups (broad SMARTS) is 1. The summed E-state index contributed by atoms with van der Waals surface area (Å²) >= 11 is 5.84. The zero-order chi connectivity index (χ0) is 13.5. The van der Waals surface area contributed by atoms with Crippen LogP contribution >= 0.6 is 11.6 Å². The Balaban J connectivity index is 2.76. The summed E-state index contributed by atoms with van der Waals surface area (Å²) in [4.78, 5) is 12.7. The number of halogens is 1. The van der Waals surface area contributed by atoms with E-state index in [0.717, 1.165) is 5.56 Å². The van der Waals surface area contributed by atoms with Crippen molar-refractivity contribution in [3.8, 4) is 0 Å². The van der Waals surface area contributed by atoms with Crippen molar-refractivity contribution in [1.82, 2.24) is 4.90 Å². The summed E-state index contributed by atoms with van der Waals surface area (Å²) in [5, 5.41) is 9.59. The Hall–Kier alpha value is -1.10. The molecule has 0 fully saturated rings. The predicted molar refractivity (Wildman–Crippen MR) is 71.0 cm³/mol. The van der Waals surface area contributed by atoms with E-state index in [9.17, 15) is 4.79 Å². The number of methoxy groups -OCH3 is 1. The van der Waals surface area contributed by atoms with Gasteiger partial charge in [0.25, 0.3) is 0 Å². The number of ether oxygens (including phenoxy) is 1. The maximum Gasteiger partial charge on any atom is 0.317 e. The molecule has 1 atom stereocenters. The lowest BCUT2D eigenvalue weighted by Crippen LogP contribution is -2.34. The van der Waals surface area contributed by atoms with Crippen LogP contribution in [0.4, 0.5) is 0 Å². The Morgan fingerprint density at radius 3 is 2.56 bits per heavy atom.